The first-order valence-corrected chi connectivity index (χ1v) is 10.5. The Bertz CT molecular complexity index is 1160. The highest BCUT2D eigenvalue weighted by Gasteiger charge is 2.13. The van der Waals surface area contributed by atoms with Gasteiger partial charge in [0.05, 0.1) is 25.0 Å². The molecular formula is C19H20N7O4S-. The zero-order chi connectivity index (χ0) is 21.6. The maximum atomic E-state index is 11.0. The van der Waals surface area contributed by atoms with E-state index in [4.69, 9.17) is 9.26 Å². The first-order chi connectivity index (χ1) is 15.1. The van der Waals surface area contributed by atoms with Crippen LogP contribution in [0.1, 0.15) is 11.5 Å². The van der Waals surface area contributed by atoms with Gasteiger partial charge < -0.3 is 19.1 Å². The van der Waals surface area contributed by atoms with Crippen molar-refractivity contribution in [2.75, 3.05) is 20.3 Å². The van der Waals surface area contributed by atoms with Gasteiger partial charge in [-0.05, 0) is 35.9 Å². The van der Waals surface area contributed by atoms with Crippen LogP contribution in [0.5, 0.6) is 0 Å². The summed E-state index contributed by atoms with van der Waals surface area (Å²) in [6, 6.07) is 9.21. The number of nitrogens with one attached hydrogen (secondary N) is 2. The smallest absolute Gasteiger partial charge is 0.240 e. The minimum absolute atomic E-state index is 0.117. The molecule has 0 bridgehead atoms. The third-order valence-corrected chi connectivity index (χ3v) is 4.78. The third kappa shape index (κ3) is 5.37. The van der Waals surface area contributed by atoms with Crippen LogP contribution in [-0.2, 0) is 29.1 Å². The fourth-order valence-electron chi connectivity index (χ4n) is 3.00. The number of aromatic nitrogens is 5. The molecule has 1 unspecified atom stereocenters. The molecule has 1 aromatic carbocycles. The van der Waals surface area contributed by atoms with E-state index in [1.54, 1.807) is 24.0 Å². The van der Waals surface area contributed by atoms with Gasteiger partial charge in [-0.2, -0.15) is 10.1 Å². The van der Waals surface area contributed by atoms with Gasteiger partial charge in [-0.3, -0.25) is 4.21 Å². The van der Waals surface area contributed by atoms with Crippen molar-refractivity contribution in [3.8, 4) is 22.6 Å². The number of hydrogen-bond acceptors (Lipinski definition) is 9. The lowest BCUT2D eigenvalue weighted by molar-refractivity contribution is 0.197. The number of methoxy groups -OCH3 is 1. The van der Waals surface area contributed by atoms with Gasteiger partial charge in [0, 0.05) is 48.8 Å². The SMILES string of the molecule is COCCNCc1nc(-c2cc(CNS(=O)[O-])cc(-c3cn4ncccc4n3)c2)no1. The van der Waals surface area contributed by atoms with Crippen LogP contribution >= 0.6 is 0 Å². The number of hydrogen-bond donors (Lipinski definition) is 2. The molecular weight excluding hydrogens is 422 g/mol. The van der Waals surface area contributed by atoms with E-state index in [9.17, 15) is 8.76 Å². The second-order valence-electron chi connectivity index (χ2n) is 6.61. The van der Waals surface area contributed by atoms with E-state index in [0.717, 1.165) is 11.1 Å². The Morgan fingerprint density at radius 2 is 2.10 bits per heavy atom. The fraction of sp³-hybridized carbons (Fsp3) is 0.263. The summed E-state index contributed by atoms with van der Waals surface area (Å²) in [5, 5.41) is 11.4. The number of imidazole rings is 1. The van der Waals surface area contributed by atoms with Gasteiger partial charge in [-0.15, -0.1) is 0 Å². The Kier molecular flexibility index (Phi) is 6.74. The van der Waals surface area contributed by atoms with Gasteiger partial charge in [0.15, 0.2) is 5.65 Å². The standard InChI is InChI=1S/C19H21N7O4S/c1-29-6-5-20-11-18-24-19(25-30-18)15-8-13(10-22-31(27)28)7-14(9-15)16-12-26-17(23-16)3-2-4-21-26/h2-4,7-9,12,20,22H,5-6,10-11H2,1H3,(H,27,28)/p-1. The zero-order valence-electron chi connectivity index (χ0n) is 16.6. The molecule has 2 N–H and O–H groups in total. The summed E-state index contributed by atoms with van der Waals surface area (Å²) in [5.74, 6) is 0.838. The van der Waals surface area contributed by atoms with E-state index in [0.29, 0.717) is 48.3 Å². The van der Waals surface area contributed by atoms with Gasteiger partial charge in [0.1, 0.15) is 0 Å². The summed E-state index contributed by atoms with van der Waals surface area (Å²) < 4.78 is 36.3. The molecule has 3 heterocycles. The van der Waals surface area contributed by atoms with Crippen molar-refractivity contribution in [1.82, 2.24) is 34.8 Å². The molecule has 0 saturated carbocycles. The quantitative estimate of drug-likeness (QED) is 0.272. The van der Waals surface area contributed by atoms with Crippen LogP contribution in [-0.4, -0.2) is 53.8 Å². The van der Waals surface area contributed by atoms with Crippen molar-refractivity contribution in [2.24, 2.45) is 0 Å². The molecule has 0 saturated heterocycles. The molecule has 4 rings (SSSR count). The van der Waals surface area contributed by atoms with Crippen LogP contribution < -0.4 is 10.0 Å². The molecule has 0 aliphatic heterocycles. The molecule has 31 heavy (non-hydrogen) atoms. The number of nitrogens with zero attached hydrogens (tertiary/aromatic N) is 5. The van der Waals surface area contributed by atoms with Crippen molar-refractivity contribution < 1.29 is 18.0 Å². The van der Waals surface area contributed by atoms with E-state index in [-0.39, 0.29) is 6.54 Å². The predicted molar refractivity (Wildman–Crippen MR) is 111 cm³/mol. The van der Waals surface area contributed by atoms with E-state index < -0.39 is 11.3 Å². The second kappa shape index (κ2) is 9.85. The zero-order valence-corrected chi connectivity index (χ0v) is 17.5. The average molecular weight is 442 g/mol. The number of ether oxygens (including phenoxy) is 1. The van der Waals surface area contributed by atoms with Crippen LogP contribution in [0.25, 0.3) is 28.3 Å². The number of benzene rings is 1. The summed E-state index contributed by atoms with van der Waals surface area (Å²) in [6.07, 6.45) is 3.48. The summed E-state index contributed by atoms with van der Waals surface area (Å²) in [4.78, 5) is 9.02. The Morgan fingerprint density at radius 1 is 1.23 bits per heavy atom. The molecule has 0 spiro atoms. The van der Waals surface area contributed by atoms with Crippen molar-refractivity contribution in [3.63, 3.8) is 0 Å². The Balaban J connectivity index is 1.65. The van der Waals surface area contributed by atoms with Crippen molar-refractivity contribution in [3.05, 3.63) is 54.2 Å². The maximum Gasteiger partial charge on any atom is 0.240 e. The summed E-state index contributed by atoms with van der Waals surface area (Å²) in [6.45, 7) is 1.77. The second-order valence-corrected chi connectivity index (χ2v) is 7.37. The maximum absolute atomic E-state index is 11.0. The van der Waals surface area contributed by atoms with Gasteiger partial charge in [0.2, 0.25) is 11.7 Å². The Labute approximate surface area is 180 Å². The van der Waals surface area contributed by atoms with Crippen LogP contribution in [0.3, 0.4) is 0 Å². The monoisotopic (exact) mass is 442 g/mol. The largest absolute Gasteiger partial charge is 0.760 e. The van der Waals surface area contributed by atoms with Crippen LogP contribution in [0.2, 0.25) is 0 Å². The molecule has 0 amide bonds. The summed E-state index contributed by atoms with van der Waals surface area (Å²) >= 11 is -2.38. The first-order valence-electron chi connectivity index (χ1n) is 9.42. The van der Waals surface area contributed by atoms with Crippen LogP contribution in [0, 0.1) is 0 Å². The van der Waals surface area contributed by atoms with Crippen molar-refractivity contribution in [2.45, 2.75) is 13.1 Å². The van der Waals surface area contributed by atoms with Gasteiger partial charge in [-0.25, -0.2) is 14.2 Å². The molecule has 0 aliphatic carbocycles. The average Bonchev–Trinajstić information content (AvgIpc) is 3.42. The molecule has 0 aliphatic rings. The molecule has 0 fully saturated rings. The Hall–Kier alpha value is -3.03. The minimum atomic E-state index is -2.38. The minimum Gasteiger partial charge on any atom is -0.760 e. The van der Waals surface area contributed by atoms with E-state index in [1.165, 1.54) is 0 Å². The third-order valence-electron chi connectivity index (χ3n) is 4.40. The van der Waals surface area contributed by atoms with E-state index >= 15 is 0 Å². The Morgan fingerprint density at radius 3 is 2.90 bits per heavy atom. The van der Waals surface area contributed by atoms with Gasteiger partial charge in [-0.1, -0.05) is 5.16 Å². The first kappa shape index (κ1) is 21.2. The van der Waals surface area contributed by atoms with E-state index in [2.05, 4.69) is 30.3 Å². The van der Waals surface area contributed by atoms with Gasteiger partial charge in [0.25, 0.3) is 0 Å². The lowest BCUT2D eigenvalue weighted by Crippen LogP contribution is -2.18. The topological polar surface area (TPSA) is 143 Å². The molecule has 4 aromatic rings. The molecule has 162 valence electrons. The van der Waals surface area contributed by atoms with Crippen LogP contribution in [0.4, 0.5) is 0 Å². The fourth-order valence-corrected chi connectivity index (χ4v) is 3.28. The normalized spacial score (nSPS) is 12.5. The molecule has 1 atom stereocenters. The van der Waals surface area contributed by atoms with E-state index in [1.807, 2.05) is 30.3 Å². The summed E-state index contributed by atoms with van der Waals surface area (Å²) in [7, 11) is 1.63. The lowest BCUT2D eigenvalue weighted by Gasteiger charge is -2.09. The summed E-state index contributed by atoms with van der Waals surface area (Å²) in [5.41, 5.74) is 3.58. The van der Waals surface area contributed by atoms with Crippen molar-refractivity contribution in [1.29, 1.82) is 0 Å². The molecule has 12 heteroatoms. The molecule has 0 radical (unpaired) electrons. The van der Waals surface area contributed by atoms with Gasteiger partial charge >= 0.3 is 0 Å². The molecule has 11 nitrogen and oxygen atoms in total. The highest BCUT2D eigenvalue weighted by molar-refractivity contribution is 7.77. The number of rotatable bonds is 10. The predicted octanol–water partition coefficient (Wildman–Crippen LogP) is 1.07. The lowest BCUT2D eigenvalue weighted by atomic mass is 10.0. The highest BCUT2D eigenvalue weighted by atomic mass is 32.2. The number of fused-ring (bicyclic) bond motifs is 1. The molecule has 3 aromatic heterocycles. The van der Waals surface area contributed by atoms with Crippen LogP contribution in [0.15, 0.2) is 47.2 Å². The highest BCUT2D eigenvalue weighted by Crippen LogP contribution is 2.27. The van der Waals surface area contributed by atoms with Crippen molar-refractivity contribution >= 4 is 16.9 Å².